The molecule has 0 saturated heterocycles. The highest BCUT2D eigenvalue weighted by Gasteiger charge is 2.44. The van der Waals surface area contributed by atoms with E-state index in [1.54, 1.807) is 6.92 Å². The summed E-state index contributed by atoms with van der Waals surface area (Å²) in [4.78, 5) is 12.2. The number of esters is 1. The Bertz CT molecular complexity index is 921. The molecule has 0 radical (unpaired) electrons. The summed E-state index contributed by atoms with van der Waals surface area (Å²) in [5.74, 6) is -0.881. The van der Waals surface area contributed by atoms with Gasteiger partial charge in [-0.3, -0.25) is 4.79 Å². The van der Waals surface area contributed by atoms with Crippen molar-refractivity contribution in [2.24, 2.45) is 5.92 Å². The molecule has 0 spiro atoms. The minimum Gasteiger partial charge on any atom is -0.469 e. The molecule has 3 rings (SSSR count). The summed E-state index contributed by atoms with van der Waals surface area (Å²) in [6, 6.07) is 7.63. The third-order valence-corrected chi connectivity index (χ3v) is 6.80. The van der Waals surface area contributed by atoms with Gasteiger partial charge in [-0.2, -0.15) is 5.10 Å². The maximum atomic E-state index is 12.9. The van der Waals surface area contributed by atoms with Crippen LogP contribution in [0.3, 0.4) is 0 Å². The molecule has 1 aliphatic rings. The Morgan fingerprint density at radius 2 is 2.00 bits per heavy atom. The van der Waals surface area contributed by atoms with Gasteiger partial charge in [-0.1, -0.05) is 30.5 Å². The summed E-state index contributed by atoms with van der Waals surface area (Å²) in [5.41, 5.74) is 1.01. The van der Waals surface area contributed by atoms with E-state index in [1.165, 1.54) is 24.2 Å². The van der Waals surface area contributed by atoms with Gasteiger partial charge < -0.3 is 4.74 Å². The van der Waals surface area contributed by atoms with E-state index in [2.05, 4.69) is 9.82 Å². The van der Waals surface area contributed by atoms with Gasteiger partial charge in [0.2, 0.25) is 10.0 Å². The second kappa shape index (κ2) is 7.44. The molecule has 27 heavy (non-hydrogen) atoms. The predicted molar refractivity (Wildman–Crippen MR) is 101 cm³/mol. The van der Waals surface area contributed by atoms with Gasteiger partial charge in [0.15, 0.2) is 0 Å². The van der Waals surface area contributed by atoms with Crippen LogP contribution in [0, 0.1) is 12.8 Å². The Labute approximate surface area is 159 Å². The first-order valence-electron chi connectivity index (χ1n) is 8.99. The largest absolute Gasteiger partial charge is 0.469 e. The molecule has 0 aliphatic heterocycles. The van der Waals surface area contributed by atoms with Crippen LogP contribution in [0.2, 0.25) is 0 Å². The first-order valence-corrected chi connectivity index (χ1v) is 10.5. The lowest BCUT2D eigenvalue weighted by Crippen LogP contribution is -2.55. The predicted octanol–water partition coefficient (Wildman–Crippen LogP) is 2.58. The molecule has 0 amide bonds. The molecule has 1 saturated carbocycles. The van der Waals surface area contributed by atoms with Crippen molar-refractivity contribution in [3.63, 3.8) is 0 Å². The third-order valence-electron chi connectivity index (χ3n) is 5.23. The topological polar surface area (TPSA) is 90.3 Å². The van der Waals surface area contributed by atoms with Crippen molar-refractivity contribution in [1.82, 2.24) is 14.5 Å². The highest BCUT2D eigenvalue weighted by Crippen LogP contribution is 2.35. The number of nitrogens with one attached hydrogen (secondary N) is 1. The lowest BCUT2D eigenvalue weighted by atomic mass is 9.74. The number of benzene rings is 1. The number of nitrogens with zero attached hydrogens (tertiary/aromatic N) is 2. The van der Waals surface area contributed by atoms with Gasteiger partial charge in [0.05, 0.1) is 31.1 Å². The number of aryl methyl sites for hydroxylation is 1. The Morgan fingerprint density at radius 3 is 2.67 bits per heavy atom. The van der Waals surface area contributed by atoms with Crippen molar-refractivity contribution >= 4 is 16.0 Å². The molecule has 146 valence electrons. The monoisotopic (exact) mass is 391 g/mol. The zero-order valence-corrected chi connectivity index (χ0v) is 16.6. The molecular weight excluding hydrogens is 366 g/mol. The average molecular weight is 391 g/mol. The molecule has 2 aromatic rings. The highest BCUT2D eigenvalue weighted by molar-refractivity contribution is 7.89. The second-order valence-electron chi connectivity index (χ2n) is 7.30. The van der Waals surface area contributed by atoms with Gasteiger partial charge in [-0.25, -0.2) is 17.8 Å². The lowest BCUT2D eigenvalue weighted by Gasteiger charge is -2.39. The van der Waals surface area contributed by atoms with Crippen LogP contribution in [-0.4, -0.2) is 36.8 Å². The standard InChI is InChI=1S/C19H25N3O4S/c1-14-7-9-15(10-8-14)22-13-16(12-20-22)27(24,25)21-19(2)11-5-4-6-17(19)18(23)26-3/h7-10,12-13,17,21H,4-6,11H2,1-3H3. The molecular formula is C19H25N3O4S. The van der Waals surface area contributed by atoms with Gasteiger partial charge >= 0.3 is 5.97 Å². The maximum absolute atomic E-state index is 12.9. The molecule has 0 bridgehead atoms. The lowest BCUT2D eigenvalue weighted by molar-refractivity contribution is -0.149. The Kier molecular flexibility index (Phi) is 5.39. The molecule has 1 heterocycles. The number of hydrogen-bond acceptors (Lipinski definition) is 5. The van der Waals surface area contributed by atoms with E-state index in [9.17, 15) is 13.2 Å². The number of carbonyl (C=O) groups excluding carboxylic acids is 1. The van der Waals surface area contributed by atoms with Gasteiger partial charge in [-0.15, -0.1) is 0 Å². The molecule has 1 fully saturated rings. The number of carbonyl (C=O) groups is 1. The van der Waals surface area contributed by atoms with E-state index in [0.717, 1.165) is 24.1 Å². The minimum absolute atomic E-state index is 0.0680. The van der Waals surface area contributed by atoms with Gasteiger partial charge in [0.25, 0.3) is 0 Å². The maximum Gasteiger partial charge on any atom is 0.310 e. The van der Waals surface area contributed by atoms with Crippen LogP contribution in [0.1, 0.15) is 38.2 Å². The minimum atomic E-state index is -3.83. The van der Waals surface area contributed by atoms with E-state index >= 15 is 0 Å². The SMILES string of the molecule is COC(=O)C1CCCCC1(C)NS(=O)(=O)c1cnn(-c2ccc(C)cc2)c1. The number of sulfonamides is 1. The van der Waals surface area contributed by atoms with E-state index in [0.29, 0.717) is 12.8 Å². The number of hydrogen-bond donors (Lipinski definition) is 1. The van der Waals surface area contributed by atoms with E-state index in [1.807, 2.05) is 31.2 Å². The number of aromatic nitrogens is 2. The normalized spacial score (nSPS) is 23.1. The van der Waals surface area contributed by atoms with Crippen molar-refractivity contribution < 1.29 is 17.9 Å². The van der Waals surface area contributed by atoms with Crippen molar-refractivity contribution in [2.75, 3.05) is 7.11 Å². The van der Waals surface area contributed by atoms with Crippen LogP contribution in [0.5, 0.6) is 0 Å². The Morgan fingerprint density at radius 1 is 1.30 bits per heavy atom. The molecule has 1 aromatic carbocycles. The summed E-state index contributed by atoms with van der Waals surface area (Å²) in [7, 11) is -2.50. The zero-order valence-electron chi connectivity index (χ0n) is 15.8. The fourth-order valence-corrected chi connectivity index (χ4v) is 5.03. The summed E-state index contributed by atoms with van der Waals surface area (Å²) < 4.78 is 35.0. The molecule has 8 heteroatoms. The number of ether oxygens (including phenoxy) is 1. The van der Waals surface area contributed by atoms with Crippen molar-refractivity contribution in [3.8, 4) is 5.69 Å². The van der Waals surface area contributed by atoms with Crippen LogP contribution >= 0.6 is 0 Å². The molecule has 7 nitrogen and oxygen atoms in total. The summed E-state index contributed by atoms with van der Waals surface area (Å²) >= 11 is 0. The van der Waals surface area contributed by atoms with Crippen molar-refractivity contribution in [1.29, 1.82) is 0 Å². The third kappa shape index (κ3) is 4.06. The van der Waals surface area contributed by atoms with Crippen LogP contribution in [0.25, 0.3) is 5.69 Å². The quantitative estimate of drug-likeness (QED) is 0.791. The zero-order chi connectivity index (χ0) is 19.7. The molecule has 1 N–H and O–H groups in total. The van der Waals surface area contributed by atoms with Gasteiger partial charge in [0.1, 0.15) is 4.90 Å². The fraction of sp³-hybridized carbons (Fsp3) is 0.474. The average Bonchev–Trinajstić information content (AvgIpc) is 3.12. The summed E-state index contributed by atoms with van der Waals surface area (Å²) in [6.07, 6.45) is 5.72. The Hall–Kier alpha value is -2.19. The van der Waals surface area contributed by atoms with Crippen LogP contribution in [0.15, 0.2) is 41.6 Å². The van der Waals surface area contributed by atoms with Crippen LogP contribution < -0.4 is 4.72 Å². The number of rotatable bonds is 5. The molecule has 1 aliphatic carbocycles. The highest BCUT2D eigenvalue weighted by atomic mass is 32.2. The van der Waals surface area contributed by atoms with Crippen molar-refractivity contribution in [2.45, 2.75) is 50.0 Å². The van der Waals surface area contributed by atoms with E-state index < -0.39 is 21.5 Å². The van der Waals surface area contributed by atoms with Crippen LogP contribution in [-0.2, 0) is 19.6 Å². The first-order chi connectivity index (χ1) is 12.7. The number of methoxy groups -OCH3 is 1. The van der Waals surface area contributed by atoms with E-state index in [4.69, 9.17) is 4.74 Å². The first kappa shape index (κ1) is 19.6. The smallest absolute Gasteiger partial charge is 0.310 e. The summed E-state index contributed by atoms with van der Waals surface area (Å²) in [5, 5.41) is 4.17. The molecule has 1 aromatic heterocycles. The second-order valence-corrected chi connectivity index (χ2v) is 8.98. The van der Waals surface area contributed by atoms with Crippen molar-refractivity contribution in [3.05, 3.63) is 42.2 Å². The molecule has 2 unspecified atom stereocenters. The molecule has 2 atom stereocenters. The Balaban J connectivity index is 1.86. The summed E-state index contributed by atoms with van der Waals surface area (Å²) in [6.45, 7) is 3.75. The van der Waals surface area contributed by atoms with Gasteiger partial charge in [0, 0.05) is 5.54 Å². The van der Waals surface area contributed by atoms with Crippen LogP contribution in [0.4, 0.5) is 0 Å². The van der Waals surface area contributed by atoms with Gasteiger partial charge in [-0.05, 0) is 38.8 Å². The fourth-order valence-electron chi connectivity index (χ4n) is 3.63. The van der Waals surface area contributed by atoms with E-state index in [-0.39, 0.29) is 10.9 Å².